The molecule has 0 radical (unpaired) electrons. The molecule has 0 saturated carbocycles. The second kappa shape index (κ2) is 4.92. The van der Waals surface area contributed by atoms with E-state index < -0.39 is 0 Å². The van der Waals surface area contributed by atoms with Crippen molar-refractivity contribution in [3.8, 4) is 5.75 Å². The summed E-state index contributed by atoms with van der Waals surface area (Å²) in [6.45, 7) is 3.48. The maximum atomic E-state index is 12.1. The van der Waals surface area contributed by atoms with Crippen molar-refractivity contribution in [2.75, 3.05) is 13.1 Å². The third-order valence-corrected chi connectivity index (χ3v) is 3.59. The van der Waals surface area contributed by atoms with Gasteiger partial charge in [-0.3, -0.25) is 4.79 Å². The summed E-state index contributed by atoms with van der Waals surface area (Å²) in [6, 6.07) is 4.91. The maximum absolute atomic E-state index is 12.1. The molecule has 0 atom stereocenters. The SMILES string of the molecule is CC1=CCN(C(=O)c2ccc(Br)c(O)c2)CC1. The summed E-state index contributed by atoms with van der Waals surface area (Å²) in [5.74, 6) is 0.0659. The highest BCUT2D eigenvalue weighted by Crippen LogP contribution is 2.25. The van der Waals surface area contributed by atoms with Gasteiger partial charge in [0.25, 0.3) is 5.91 Å². The molecule has 0 aromatic heterocycles. The molecule has 1 amide bonds. The van der Waals surface area contributed by atoms with Crippen LogP contribution in [0, 0.1) is 0 Å². The van der Waals surface area contributed by atoms with E-state index in [0.29, 0.717) is 16.6 Å². The highest BCUT2D eigenvalue weighted by molar-refractivity contribution is 9.10. The average molecular weight is 296 g/mol. The Morgan fingerprint density at radius 1 is 1.47 bits per heavy atom. The minimum atomic E-state index is -0.0310. The topological polar surface area (TPSA) is 40.5 Å². The first-order valence-electron chi connectivity index (χ1n) is 5.51. The van der Waals surface area contributed by atoms with Crippen molar-refractivity contribution in [3.05, 3.63) is 39.9 Å². The van der Waals surface area contributed by atoms with Crippen LogP contribution in [0.25, 0.3) is 0 Å². The number of amides is 1. The summed E-state index contributed by atoms with van der Waals surface area (Å²) in [7, 11) is 0. The van der Waals surface area contributed by atoms with Crippen LogP contribution in [0.3, 0.4) is 0 Å². The highest BCUT2D eigenvalue weighted by Gasteiger charge is 2.18. The van der Waals surface area contributed by atoms with Crippen molar-refractivity contribution >= 4 is 21.8 Å². The van der Waals surface area contributed by atoms with Gasteiger partial charge in [-0.15, -0.1) is 0 Å². The van der Waals surface area contributed by atoms with Gasteiger partial charge in [0.05, 0.1) is 4.47 Å². The molecular weight excluding hydrogens is 282 g/mol. The van der Waals surface area contributed by atoms with Crippen molar-refractivity contribution in [3.63, 3.8) is 0 Å². The monoisotopic (exact) mass is 295 g/mol. The second-order valence-corrected chi connectivity index (χ2v) is 5.07. The fraction of sp³-hybridized carbons (Fsp3) is 0.308. The fourth-order valence-corrected chi connectivity index (χ4v) is 2.03. The van der Waals surface area contributed by atoms with Gasteiger partial charge in [0, 0.05) is 18.7 Å². The van der Waals surface area contributed by atoms with Crippen LogP contribution >= 0.6 is 15.9 Å². The Morgan fingerprint density at radius 3 is 2.82 bits per heavy atom. The Hall–Kier alpha value is -1.29. The smallest absolute Gasteiger partial charge is 0.254 e. The number of carbonyl (C=O) groups excluding carboxylic acids is 1. The van der Waals surface area contributed by atoms with Gasteiger partial charge in [0.15, 0.2) is 0 Å². The predicted octanol–water partition coefficient (Wildman–Crippen LogP) is 2.95. The Balaban J connectivity index is 2.17. The minimum absolute atomic E-state index is 0.0310. The average Bonchev–Trinajstić information content (AvgIpc) is 2.33. The lowest BCUT2D eigenvalue weighted by Crippen LogP contribution is -2.34. The van der Waals surface area contributed by atoms with E-state index >= 15 is 0 Å². The zero-order valence-electron chi connectivity index (χ0n) is 9.61. The lowest BCUT2D eigenvalue weighted by molar-refractivity contribution is 0.0768. The summed E-state index contributed by atoms with van der Waals surface area (Å²) >= 11 is 3.20. The van der Waals surface area contributed by atoms with Crippen molar-refractivity contribution in [2.45, 2.75) is 13.3 Å². The zero-order valence-corrected chi connectivity index (χ0v) is 11.2. The first-order valence-corrected chi connectivity index (χ1v) is 6.30. The largest absolute Gasteiger partial charge is 0.507 e. The lowest BCUT2D eigenvalue weighted by Gasteiger charge is -2.25. The van der Waals surface area contributed by atoms with Gasteiger partial charge in [0.2, 0.25) is 0 Å². The van der Waals surface area contributed by atoms with E-state index in [1.54, 1.807) is 17.0 Å². The normalized spacial score (nSPS) is 15.6. The number of carbonyl (C=O) groups is 1. The lowest BCUT2D eigenvalue weighted by atomic mass is 10.1. The van der Waals surface area contributed by atoms with Gasteiger partial charge in [-0.05, 0) is 47.5 Å². The molecule has 1 aromatic rings. The van der Waals surface area contributed by atoms with E-state index in [2.05, 4.69) is 28.9 Å². The molecule has 1 N–H and O–H groups in total. The predicted molar refractivity (Wildman–Crippen MR) is 70.1 cm³/mol. The molecule has 90 valence electrons. The van der Waals surface area contributed by atoms with Gasteiger partial charge in [0.1, 0.15) is 5.75 Å². The number of halogens is 1. The summed E-state index contributed by atoms with van der Waals surface area (Å²) < 4.78 is 0.600. The minimum Gasteiger partial charge on any atom is -0.507 e. The molecule has 0 unspecified atom stereocenters. The number of hydrogen-bond donors (Lipinski definition) is 1. The summed E-state index contributed by atoms with van der Waals surface area (Å²) in [5.41, 5.74) is 1.85. The molecule has 2 rings (SSSR count). The first-order chi connectivity index (χ1) is 8.08. The quantitative estimate of drug-likeness (QED) is 0.809. The highest BCUT2D eigenvalue weighted by atomic mass is 79.9. The number of phenolic OH excluding ortho intramolecular Hbond substituents is 1. The summed E-state index contributed by atoms with van der Waals surface area (Å²) in [4.78, 5) is 13.9. The van der Waals surface area contributed by atoms with Gasteiger partial charge in [-0.1, -0.05) is 11.6 Å². The molecule has 0 aliphatic carbocycles. The fourth-order valence-electron chi connectivity index (χ4n) is 1.78. The van der Waals surface area contributed by atoms with Gasteiger partial charge in [-0.25, -0.2) is 0 Å². The number of rotatable bonds is 1. The van der Waals surface area contributed by atoms with E-state index in [1.807, 2.05) is 0 Å². The number of phenols is 1. The van der Waals surface area contributed by atoms with Crippen LogP contribution < -0.4 is 0 Å². The van der Waals surface area contributed by atoms with Crippen LogP contribution in [0.15, 0.2) is 34.3 Å². The Kier molecular flexibility index (Phi) is 3.52. The molecule has 0 spiro atoms. The molecule has 4 heteroatoms. The standard InChI is InChI=1S/C13H14BrNO2/c1-9-4-6-15(7-5-9)13(17)10-2-3-11(14)12(16)8-10/h2-4,8,16H,5-7H2,1H3. The number of aromatic hydroxyl groups is 1. The van der Waals surface area contributed by atoms with Crippen LogP contribution in [0.2, 0.25) is 0 Å². The van der Waals surface area contributed by atoms with Crippen LogP contribution in [0.4, 0.5) is 0 Å². The molecule has 1 aromatic carbocycles. The van der Waals surface area contributed by atoms with Crippen molar-refractivity contribution in [2.24, 2.45) is 0 Å². The molecule has 3 nitrogen and oxygen atoms in total. The van der Waals surface area contributed by atoms with Crippen LogP contribution in [-0.4, -0.2) is 29.0 Å². The van der Waals surface area contributed by atoms with Crippen LogP contribution in [-0.2, 0) is 0 Å². The van der Waals surface area contributed by atoms with E-state index in [-0.39, 0.29) is 11.7 Å². The van der Waals surface area contributed by atoms with Crippen molar-refractivity contribution in [1.29, 1.82) is 0 Å². The van der Waals surface area contributed by atoms with Crippen LogP contribution in [0.1, 0.15) is 23.7 Å². The van der Waals surface area contributed by atoms with E-state index in [0.717, 1.165) is 13.0 Å². The Labute approximate surface area is 109 Å². The third-order valence-electron chi connectivity index (χ3n) is 2.92. The molecular formula is C13H14BrNO2. The summed E-state index contributed by atoms with van der Waals surface area (Å²) in [6.07, 6.45) is 2.99. The number of benzene rings is 1. The molecule has 1 heterocycles. The van der Waals surface area contributed by atoms with Crippen molar-refractivity contribution < 1.29 is 9.90 Å². The maximum Gasteiger partial charge on any atom is 0.254 e. The Morgan fingerprint density at radius 2 is 2.24 bits per heavy atom. The zero-order chi connectivity index (χ0) is 12.4. The number of nitrogens with zero attached hydrogens (tertiary/aromatic N) is 1. The molecule has 0 saturated heterocycles. The van der Waals surface area contributed by atoms with Gasteiger partial charge < -0.3 is 10.0 Å². The molecule has 17 heavy (non-hydrogen) atoms. The van der Waals surface area contributed by atoms with Gasteiger partial charge in [-0.2, -0.15) is 0 Å². The van der Waals surface area contributed by atoms with Gasteiger partial charge >= 0.3 is 0 Å². The number of hydrogen-bond acceptors (Lipinski definition) is 2. The first kappa shape index (κ1) is 12.2. The summed E-state index contributed by atoms with van der Waals surface area (Å²) in [5, 5.41) is 9.56. The van der Waals surface area contributed by atoms with Crippen molar-refractivity contribution in [1.82, 2.24) is 4.90 Å². The van der Waals surface area contributed by atoms with Crippen LogP contribution in [0.5, 0.6) is 5.75 Å². The molecule has 1 aliphatic heterocycles. The second-order valence-electron chi connectivity index (χ2n) is 4.22. The molecule has 0 bridgehead atoms. The molecule has 1 aliphatic rings. The molecule has 0 fully saturated rings. The van der Waals surface area contributed by atoms with E-state index in [4.69, 9.17) is 0 Å². The third kappa shape index (κ3) is 2.69. The Bertz CT molecular complexity index is 482. The van der Waals surface area contributed by atoms with E-state index in [1.165, 1.54) is 11.6 Å². The van der Waals surface area contributed by atoms with E-state index in [9.17, 15) is 9.90 Å².